The molecule has 0 bridgehead atoms. The summed E-state index contributed by atoms with van der Waals surface area (Å²) in [4.78, 5) is 22.0. The average Bonchev–Trinajstić information content (AvgIpc) is 3.39. The van der Waals surface area contributed by atoms with E-state index in [1.54, 1.807) is 22.9 Å². The molecular formula is C19H18N10O. The molecule has 0 radical (unpaired) electrons. The number of nitriles is 1. The largest absolute Gasteiger partial charge is 0.336 e. The Labute approximate surface area is 171 Å². The first-order valence-electron chi connectivity index (χ1n) is 9.30. The standard InChI is InChI=1S/C19H18N10O/c1-2-16-25-27-29(26-16)6-5-22-19(30)24-17-12-28-11-14(3-4-18(28)23-17)15-7-13(8-20)9-21-10-15/h3-4,7,9-12H,2,5-6H2,1H3,(H2,22,24,30). The zero-order valence-electron chi connectivity index (χ0n) is 16.1. The van der Waals surface area contributed by atoms with Crippen LogP contribution in [0.5, 0.6) is 0 Å². The van der Waals surface area contributed by atoms with Crippen LogP contribution in [0.1, 0.15) is 18.3 Å². The quantitative estimate of drug-likeness (QED) is 0.500. The Morgan fingerprint density at radius 2 is 2.13 bits per heavy atom. The molecule has 2 N–H and O–H groups in total. The minimum Gasteiger partial charge on any atom is -0.336 e. The van der Waals surface area contributed by atoms with Crippen molar-refractivity contribution in [3.05, 3.63) is 54.4 Å². The molecule has 2 amide bonds. The number of imidazole rings is 1. The summed E-state index contributed by atoms with van der Waals surface area (Å²) in [5, 5.41) is 26.4. The van der Waals surface area contributed by atoms with Gasteiger partial charge in [-0.3, -0.25) is 10.3 Å². The second kappa shape index (κ2) is 8.36. The highest BCUT2D eigenvalue weighted by molar-refractivity contribution is 5.88. The fourth-order valence-corrected chi connectivity index (χ4v) is 2.82. The van der Waals surface area contributed by atoms with Crippen molar-refractivity contribution in [2.24, 2.45) is 0 Å². The van der Waals surface area contributed by atoms with E-state index >= 15 is 0 Å². The highest BCUT2D eigenvalue weighted by Crippen LogP contribution is 2.21. The summed E-state index contributed by atoms with van der Waals surface area (Å²) in [6.07, 6.45) is 7.50. The summed E-state index contributed by atoms with van der Waals surface area (Å²) in [7, 11) is 0. The van der Waals surface area contributed by atoms with Gasteiger partial charge in [-0.25, -0.2) is 9.78 Å². The van der Waals surface area contributed by atoms with Crippen LogP contribution < -0.4 is 10.6 Å². The SMILES string of the molecule is CCc1nnn(CCNC(=O)Nc2cn3cc(-c4cncc(C#N)c4)ccc3n2)n1. The lowest BCUT2D eigenvalue weighted by atomic mass is 10.1. The monoisotopic (exact) mass is 402 g/mol. The summed E-state index contributed by atoms with van der Waals surface area (Å²) in [6.45, 7) is 2.72. The zero-order chi connectivity index (χ0) is 20.9. The third-order valence-electron chi connectivity index (χ3n) is 4.30. The predicted octanol–water partition coefficient (Wildman–Crippen LogP) is 1.64. The molecule has 11 nitrogen and oxygen atoms in total. The molecule has 0 saturated heterocycles. The third kappa shape index (κ3) is 4.22. The van der Waals surface area contributed by atoms with Crippen molar-refractivity contribution in [1.29, 1.82) is 5.26 Å². The molecule has 30 heavy (non-hydrogen) atoms. The Hall–Kier alpha value is -4.33. The number of rotatable bonds is 6. The Bertz CT molecular complexity index is 1240. The van der Waals surface area contributed by atoms with Gasteiger partial charge in [-0.15, -0.1) is 10.2 Å². The first-order chi connectivity index (χ1) is 14.6. The fraction of sp³-hybridized carbons (Fsp3) is 0.211. The molecule has 0 saturated carbocycles. The molecule has 4 rings (SSSR count). The van der Waals surface area contributed by atoms with E-state index in [1.165, 1.54) is 11.0 Å². The summed E-state index contributed by atoms with van der Waals surface area (Å²) in [5.41, 5.74) is 2.87. The number of anilines is 1. The molecule has 0 aromatic carbocycles. The van der Waals surface area contributed by atoms with Crippen molar-refractivity contribution in [1.82, 2.24) is 39.9 Å². The molecule has 0 aliphatic heterocycles. The van der Waals surface area contributed by atoms with Crippen molar-refractivity contribution in [3.8, 4) is 17.2 Å². The molecule has 4 heterocycles. The topological polar surface area (TPSA) is 139 Å². The normalized spacial score (nSPS) is 10.7. The van der Waals surface area contributed by atoms with E-state index in [0.717, 1.165) is 11.1 Å². The van der Waals surface area contributed by atoms with Crippen molar-refractivity contribution in [3.63, 3.8) is 0 Å². The highest BCUT2D eigenvalue weighted by Gasteiger charge is 2.08. The van der Waals surface area contributed by atoms with E-state index in [1.807, 2.05) is 25.3 Å². The van der Waals surface area contributed by atoms with Crippen molar-refractivity contribution < 1.29 is 4.79 Å². The van der Waals surface area contributed by atoms with Gasteiger partial charge in [0.2, 0.25) is 0 Å². The third-order valence-corrected chi connectivity index (χ3v) is 4.30. The smallest absolute Gasteiger partial charge is 0.320 e. The number of urea groups is 1. The number of hydrogen-bond donors (Lipinski definition) is 2. The van der Waals surface area contributed by atoms with Gasteiger partial charge in [0, 0.05) is 42.7 Å². The average molecular weight is 402 g/mol. The molecule has 4 aromatic rings. The number of aromatic nitrogens is 7. The lowest BCUT2D eigenvalue weighted by Crippen LogP contribution is -2.32. The number of carbonyl (C=O) groups excluding carboxylic acids is 1. The van der Waals surface area contributed by atoms with Gasteiger partial charge in [0.1, 0.15) is 11.7 Å². The maximum atomic E-state index is 12.1. The van der Waals surface area contributed by atoms with Gasteiger partial charge in [0.15, 0.2) is 11.6 Å². The second-order valence-electron chi connectivity index (χ2n) is 6.42. The van der Waals surface area contributed by atoms with Gasteiger partial charge in [-0.05, 0) is 23.4 Å². The molecule has 0 fully saturated rings. The molecule has 150 valence electrons. The molecule has 11 heteroatoms. The van der Waals surface area contributed by atoms with Crippen molar-refractivity contribution in [2.75, 3.05) is 11.9 Å². The molecular weight excluding hydrogens is 384 g/mol. The number of tetrazole rings is 1. The van der Waals surface area contributed by atoms with E-state index in [9.17, 15) is 4.79 Å². The minimum atomic E-state index is -0.375. The number of nitrogens with zero attached hydrogens (tertiary/aromatic N) is 8. The number of aryl methyl sites for hydroxylation is 1. The van der Waals surface area contributed by atoms with Crippen LogP contribution in [0, 0.1) is 11.3 Å². The number of pyridine rings is 2. The first kappa shape index (κ1) is 19.0. The highest BCUT2D eigenvalue weighted by atomic mass is 16.2. The van der Waals surface area contributed by atoms with Crippen LogP contribution in [-0.2, 0) is 13.0 Å². The number of carbonyl (C=O) groups is 1. The van der Waals surface area contributed by atoms with Crippen LogP contribution in [0.4, 0.5) is 10.6 Å². The van der Waals surface area contributed by atoms with Crippen LogP contribution in [0.3, 0.4) is 0 Å². The Kier molecular flexibility index (Phi) is 5.29. The van der Waals surface area contributed by atoms with E-state index in [0.29, 0.717) is 42.4 Å². The van der Waals surface area contributed by atoms with Crippen molar-refractivity contribution in [2.45, 2.75) is 19.9 Å². The lowest BCUT2D eigenvalue weighted by Gasteiger charge is -2.04. The molecule has 4 aromatic heterocycles. The Balaban J connectivity index is 1.39. The number of hydrogen-bond acceptors (Lipinski definition) is 7. The Morgan fingerprint density at radius 3 is 2.93 bits per heavy atom. The number of nitrogens with one attached hydrogen (secondary N) is 2. The molecule has 0 spiro atoms. The number of amides is 2. The van der Waals surface area contributed by atoms with E-state index in [2.05, 4.69) is 42.1 Å². The van der Waals surface area contributed by atoms with Crippen LogP contribution in [0.25, 0.3) is 16.8 Å². The maximum absolute atomic E-state index is 12.1. The van der Waals surface area contributed by atoms with Crippen LogP contribution in [0.15, 0.2) is 43.0 Å². The molecule has 0 aliphatic rings. The summed E-state index contributed by atoms with van der Waals surface area (Å²) in [6, 6.07) is 7.20. The Morgan fingerprint density at radius 1 is 1.23 bits per heavy atom. The number of fused-ring (bicyclic) bond motifs is 1. The minimum absolute atomic E-state index is 0.352. The van der Waals surface area contributed by atoms with Crippen LogP contribution >= 0.6 is 0 Å². The maximum Gasteiger partial charge on any atom is 0.320 e. The molecule has 0 unspecified atom stereocenters. The summed E-state index contributed by atoms with van der Waals surface area (Å²) < 4.78 is 1.80. The second-order valence-corrected chi connectivity index (χ2v) is 6.42. The van der Waals surface area contributed by atoms with Crippen LogP contribution in [-0.4, -0.2) is 47.2 Å². The van der Waals surface area contributed by atoms with Gasteiger partial charge in [-0.1, -0.05) is 6.92 Å². The lowest BCUT2D eigenvalue weighted by molar-refractivity contribution is 0.251. The van der Waals surface area contributed by atoms with Gasteiger partial charge in [0.25, 0.3) is 0 Å². The van der Waals surface area contributed by atoms with Gasteiger partial charge < -0.3 is 9.72 Å². The summed E-state index contributed by atoms with van der Waals surface area (Å²) in [5.74, 6) is 1.08. The van der Waals surface area contributed by atoms with Crippen LogP contribution in [0.2, 0.25) is 0 Å². The van der Waals surface area contributed by atoms with Crippen molar-refractivity contribution >= 4 is 17.5 Å². The van der Waals surface area contributed by atoms with E-state index in [4.69, 9.17) is 5.26 Å². The molecule has 0 aliphatic carbocycles. The van der Waals surface area contributed by atoms with Gasteiger partial charge in [-0.2, -0.15) is 10.1 Å². The van der Waals surface area contributed by atoms with E-state index < -0.39 is 0 Å². The zero-order valence-corrected chi connectivity index (χ0v) is 16.1. The fourth-order valence-electron chi connectivity index (χ4n) is 2.82. The van der Waals surface area contributed by atoms with Gasteiger partial charge >= 0.3 is 6.03 Å². The molecule has 0 atom stereocenters. The summed E-state index contributed by atoms with van der Waals surface area (Å²) >= 11 is 0. The van der Waals surface area contributed by atoms with E-state index in [-0.39, 0.29) is 6.03 Å². The predicted molar refractivity (Wildman–Crippen MR) is 107 cm³/mol. The first-order valence-corrected chi connectivity index (χ1v) is 9.30. The van der Waals surface area contributed by atoms with Gasteiger partial charge in [0.05, 0.1) is 18.3 Å².